The molecule has 0 radical (unpaired) electrons. The van der Waals surface area contributed by atoms with E-state index in [-0.39, 0.29) is 0 Å². The average molecular weight is 412 g/mol. The summed E-state index contributed by atoms with van der Waals surface area (Å²) < 4.78 is 10.4. The molecule has 0 unspecified atom stereocenters. The lowest BCUT2D eigenvalue weighted by atomic mass is 9.96. The standard InChI is InChI=1S/C20H20N4O4S/c1-27-15-8-7-12(9-16(15)28-2)11-22-24-19(26)18(25)23-20-14(10-21)13-5-3-4-6-17(13)29-20/h7-9,11H,3-6H2,1-2H3,(H,23,25)(H,24,26)/b22-11-. The Bertz CT molecular complexity index is 1010. The van der Waals surface area contributed by atoms with Crippen LogP contribution in [0.3, 0.4) is 0 Å². The number of rotatable bonds is 5. The van der Waals surface area contributed by atoms with Crippen LogP contribution in [0, 0.1) is 11.3 Å². The van der Waals surface area contributed by atoms with Crippen molar-refractivity contribution in [1.82, 2.24) is 5.43 Å². The molecule has 1 aliphatic carbocycles. The average Bonchev–Trinajstić information content (AvgIpc) is 3.10. The fraction of sp³-hybridized carbons (Fsp3) is 0.300. The quantitative estimate of drug-likeness (QED) is 0.445. The minimum Gasteiger partial charge on any atom is -0.493 e. The Kier molecular flexibility index (Phi) is 6.46. The summed E-state index contributed by atoms with van der Waals surface area (Å²) in [6, 6.07) is 7.26. The monoisotopic (exact) mass is 412 g/mol. The van der Waals surface area contributed by atoms with E-state index >= 15 is 0 Å². The molecule has 29 heavy (non-hydrogen) atoms. The summed E-state index contributed by atoms with van der Waals surface area (Å²) in [6.07, 6.45) is 5.20. The number of anilines is 1. The number of nitriles is 1. The van der Waals surface area contributed by atoms with Crippen LogP contribution in [0.1, 0.15) is 34.4 Å². The highest BCUT2D eigenvalue weighted by atomic mass is 32.1. The zero-order valence-corrected chi connectivity index (χ0v) is 16.9. The molecule has 0 spiro atoms. The summed E-state index contributed by atoms with van der Waals surface area (Å²) in [7, 11) is 3.05. The maximum atomic E-state index is 12.2. The van der Waals surface area contributed by atoms with Gasteiger partial charge in [-0.15, -0.1) is 11.3 Å². The number of nitrogens with one attached hydrogen (secondary N) is 2. The first kappa shape index (κ1) is 20.4. The normalized spacial score (nSPS) is 12.7. The zero-order valence-electron chi connectivity index (χ0n) is 16.1. The Hall–Kier alpha value is -3.38. The third-order valence-corrected chi connectivity index (χ3v) is 5.71. The number of ether oxygens (including phenoxy) is 2. The molecule has 2 aromatic rings. The van der Waals surface area contributed by atoms with Crippen molar-refractivity contribution in [3.05, 3.63) is 39.8 Å². The Morgan fingerprint density at radius 3 is 2.66 bits per heavy atom. The second kappa shape index (κ2) is 9.21. The molecule has 0 saturated heterocycles. The summed E-state index contributed by atoms with van der Waals surface area (Å²) in [5.74, 6) is -0.701. The van der Waals surface area contributed by atoms with Gasteiger partial charge in [0.25, 0.3) is 0 Å². The highest BCUT2D eigenvalue weighted by Crippen LogP contribution is 2.37. The van der Waals surface area contributed by atoms with Crippen molar-refractivity contribution in [2.45, 2.75) is 25.7 Å². The van der Waals surface area contributed by atoms with Crippen molar-refractivity contribution in [3.63, 3.8) is 0 Å². The summed E-state index contributed by atoms with van der Waals surface area (Å²) in [5.41, 5.74) is 4.29. The van der Waals surface area contributed by atoms with Crippen LogP contribution in [0.25, 0.3) is 0 Å². The molecule has 2 amide bonds. The number of fused-ring (bicyclic) bond motifs is 1. The topological polar surface area (TPSA) is 113 Å². The number of methoxy groups -OCH3 is 2. The molecular formula is C20H20N4O4S. The van der Waals surface area contributed by atoms with E-state index in [2.05, 4.69) is 21.9 Å². The molecule has 0 atom stereocenters. The SMILES string of the molecule is COc1ccc(/C=N\NC(=O)C(=O)Nc2sc3c(c2C#N)CCCC3)cc1OC. The van der Waals surface area contributed by atoms with Crippen molar-refractivity contribution < 1.29 is 19.1 Å². The number of hydrogen-bond acceptors (Lipinski definition) is 7. The second-order valence-corrected chi connectivity index (χ2v) is 7.40. The molecule has 8 nitrogen and oxygen atoms in total. The number of hydrazone groups is 1. The third kappa shape index (κ3) is 4.55. The van der Waals surface area contributed by atoms with Crippen molar-refractivity contribution in [2.75, 3.05) is 19.5 Å². The Balaban J connectivity index is 1.63. The molecule has 2 N–H and O–H groups in total. The van der Waals surface area contributed by atoms with E-state index in [4.69, 9.17) is 9.47 Å². The van der Waals surface area contributed by atoms with Crippen LogP contribution in [-0.2, 0) is 22.4 Å². The van der Waals surface area contributed by atoms with Gasteiger partial charge >= 0.3 is 11.8 Å². The van der Waals surface area contributed by atoms with Crippen LogP contribution >= 0.6 is 11.3 Å². The van der Waals surface area contributed by atoms with Gasteiger partial charge in [0, 0.05) is 4.88 Å². The van der Waals surface area contributed by atoms with Crippen molar-refractivity contribution in [3.8, 4) is 17.6 Å². The summed E-state index contributed by atoms with van der Waals surface area (Å²) in [4.78, 5) is 25.3. The first-order valence-corrected chi connectivity index (χ1v) is 9.80. The number of thiophene rings is 1. The number of benzene rings is 1. The smallest absolute Gasteiger partial charge is 0.329 e. The van der Waals surface area contributed by atoms with Crippen LogP contribution in [0.15, 0.2) is 23.3 Å². The van der Waals surface area contributed by atoms with Crippen LogP contribution in [0.5, 0.6) is 11.5 Å². The molecule has 1 aromatic carbocycles. The lowest BCUT2D eigenvalue weighted by molar-refractivity contribution is -0.136. The summed E-state index contributed by atoms with van der Waals surface area (Å²) in [6.45, 7) is 0. The van der Waals surface area contributed by atoms with E-state index < -0.39 is 11.8 Å². The molecule has 1 aliphatic rings. The van der Waals surface area contributed by atoms with Gasteiger partial charge in [-0.3, -0.25) is 9.59 Å². The third-order valence-electron chi connectivity index (χ3n) is 4.50. The number of nitrogens with zero attached hydrogens (tertiary/aromatic N) is 2. The predicted molar refractivity (Wildman–Crippen MR) is 110 cm³/mol. The number of aryl methyl sites for hydroxylation is 1. The molecule has 0 aliphatic heterocycles. The largest absolute Gasteiger partial charge is 0.493 e. The Labute approximate surface area is 172 Å². The van der Waals surface area contributed by atoms with Crippen molar-refractivity contribution >= 4 is 34.4 Å². The minimum absolute atomic E-state index is 0.420. The molecule has 9 heteroatoms. The molecule has 3 rings (SSSR count). The van der Waals surface area contributed by atoms with Gasteiger partial charge in [0.15, 0.2) is 11.5 Å². The molecule has 1 aromatic heterocycles. The van der Waals surface area contributed by atoms with E-state index in [0.29, 0.717) is 27.6 Å². The van der Waals surface area contributed by atoms with Crippen molar-refractivity contribution in [1.29, 1.82) is 5.26 Å². The fourth-order valence-corrected chi connectivity index (χ4v) is 4.32. The van der Waals surface area contributed by atoms with E-state index in [1.807, 2.05) is 0 Å². The predicted octanol–water partition coefficient (Wildman–Crippen LogP) is 2.60. The molecule has 150 valence electrons. The first-order valence-electron chi connectivity index (χ1n) is 8.98. The van der Waals surface area contributed by atoms with E-state index in [9.17, 15) is 14.9 Å². The maximum absolute atomic E-state index is 12.2. The first-order chi connectivity index (χ1) is 14.1. The van der Waals surface area contributed by atoms with Crippen molar-refractivity contribution in [2.24, 2.45) is 5.10 Å². The van der Waals surface area contributed by atoms with Crippen LogP contribution < -0.4 is 20.2 Å². The molecule has 0 bridgehead atoms. The van der Waals surface area contributed by atoms with Gasteiger partial charge in [-0.05, 0) is 55.0 Å². The van der Waals surface area contributed by atoms with Gasteiger partial charge in [-0.1, -0.05) is 0 Å². The number of carbonyl (C=O) groups excluding carboxylic acids is 2. The highest BCUT2D eigenvalue weighted by Gasteiger charge is 2.23. The zero-order chi connectivity index (χ0) is 20.8. The van der Waals surface area contributed by atoms with E-state index in [1.165, 1.54) is 31.8 Å². The van der Waals surface area contributed by atoms with Crippen LogP contribution in [0.2, 0.25) is 0 Å². The second-order valence-electron chi connectivity index (χ2n) is 6.29. The van der Waals surface area contributed by atoms with Crippen LogP contribution in [0.4, 0.5) is 5.00 Å². The van der Waals surface area contributed by atoms with E-state index in [0.717, 1.165) is 36.1 Å². The fourth-order valence-electron chi connectivity index (χ4n) is 3.08. The molecule has 1 heterocycles. The summed E-state index contributed by atoms with van der Waals surface area (Å²) >= 11 is 1.36. The van der Waals surface area contributed by atoms with Gasteiger partial charge in [0.2, 0.25) is 0 Å². The van der Waals surface area contributed by atoms with Gasteiger partial charge in [-0.2, -0.15) is 10.4 Å². The summed E-state index contributed by atoms with van der Waals surface area (Å²) in [5, 5.41) is 16.2. The molecule has 0 fully saturated rings. The highest BCUT2D eigenvalue weighted by molar-refractivity contribution is 7.16. The lowest BCUT2D eigenvalue weighted by Gasteiger charge is -2.09. The minimum atomic E-state index is -0.919. The lowest BCUT2D eigenvalue weighted by Crippen LogP contribution is -2.32. The molecular weight excluding hydrogens is 392 g/mol. The van der Waals surface area contributed by atoms with Crippen LogP contribution in [-0.4, -0.2) is 32.2 Å². The van der Waals surface area contributed by atoms with Gasteiger partial charge < -0.3 is 14.8 Å². The van der Waals surface area contributed by atoms with E-state index in [1.54, 1.807) is 18.2 Å². The molecule has 0 saturated carbocycles. The van der Waals surface area contributed by atoms with Gasteiger partial charge in [0.05, 0.1) is 26.0 Å². The van der Waals surface area contributed by atoms with Gasteiger partial charge in [0.1, 0.15) is 11.1 Å². The Morgan fingerprint density at radius 1 is 1.17 bits per heavy atom. The van der Waals surface area contributed by atoms with Gasteiger partial charge in [-0.25, -0.2) is 5.43 Å². The maximum Gasteiger partial charge on any atom is 0.329 e. The number of hydrogen-bond donors (Lipinski definition) is 2. The number of amides is 2. The number of carbonyl (C=O) groups is 2. The Morgan fingerprint density at radius 2 is 1.93 bits per heavy atom.